The monoisotopic (exact) mass is 464 g/mol. The number of nitrogens with zero attached hydrogens (tertiary/aromatic N) is 1. The minimum absolute atomic E-state index is 0.133. The van der Waals surface area contributed by atoms with Crippen LogP contribution in [0.5, 0.6) is 5.75 Å². The van der Waals surface area contributed by atoms with Crippen molar-refractivity contribution in [2.75, 3.05) is 19.0 Å². The van der Waals surface area contributed by atoms with Crippen molar-refractivity contribution >= 4 is 28.8 Å². The van der Waals surface area contributed by atoms with Crippen LogP contribution in [0.3, 0.4) is 0 Å². The Balaban J connectivity index is 1.65. The van der Waals surface area contributed by atoms with Gasteiger partial charge >= 0.3 is 0 Å². The summed E-state index contributed by atoms with van der Waals surface area (Å²) in [4.78, 5) is 25.7. The molecule has 32 heavy (non-hydrogen) atoms. The molecule has 0 aromatic heterocycles. The molecule has 2 aromatic carbocycles. The van der Waals surface area contributed by atoms with Crippen LogP contribution in [0.4, 0.5) is 14.5 Å². The van der Waals surface area contributed by atoms with Crippen LogP contribution < -0.4 is 10.1 Å². The second-order valence-corrected chi connectivity index (χ2v) is 9.40. The molecule has 3 rings (SSSR count). The molecular formula is C23H26F2N2O4S. The first-order valence-electron chi connectivity index (χ1n) is 10.3. The standard InChI is InChI=1S/C23H26F2N2O4S/c1-27(15-28)13-17-12-18(7-10-21(17)32(30)19-8-9-19)26-23(29)11-6-16-4-2-3-5-20(16)31-14-22(24)25/h2-5,7,10,12,15,19,22H,6,8-9,11,13-14H2,1H3,(H,26,29). The van der Waals surface area contributed by atoms with Crippen molar-refractivity contribution in [3.8, 4) is 5.75 Å². The topological polar surface area (TPSA) is 75.7 Å². The Labute approximate surface area is 188 Å². The number of hydrogen-bond acceptors (Lipinski definition) is 4. The number of carbonyl (C=O) groups is 2. The van der Waals surface area contributed by atoms with Gasteiger partial charge in [0.15, 0.2) is 0 Å². The van der Waals surface area contributed by atoms with Gasteiger partial charge in [0.05, 0.1) is 10.8 Å². The number of amides is 2. The molecule has 172 valence electrons. The van der Waals surface area contributed by atoms with Gasteiger partial charge in [-0.3, -0.25) is 13.8 Å². The minimum Gasteiger partial charge on any atom is -0.487 e. The molecule has 1 N–H and O–H groups in total. The summed E-state index contributed by atoms with van der Waals surface area (Å²) >= 11 is 0. The predicted molar refractivity (Wildman–Crippen MR) is 118 cm³/mol. The van der Waals surface area contributed by atoms with E-state index in [0.717, 1.165) is 18.4 Å². The Morgan fingerprint density at radius 1 is 1.25 bits per heavy atom. The highest BCUT2D eigenvalue weighted by molar-refractivity contribution is 7.86. The summed E-state index contributed by atoms with van der Waals surface area (Å²) in [5, 5.41) is 2.97. The third-order valence-corrected chi connectivity index (χ3v) is 6.86. The van der Waals surface area contributed by atoms with Crippen molar-refractivity contribution in [1.82, 2.24) is 4.90 Å². The summed E-state index contributed by atoms with van der Waals surface area (Å²) < 4.78 is 42.7. The Hall–Kier alpha value is -2.81. The molecule has 9 heteroatoms. The summed E-state index contributed by atoms with van der Waals surface area (Å²) in [5.41, 5.74) is 1.95. The van der Waals surface area contributed by atoms with E-state index in [9.17, 15) is 22.6 Å². The number of halogens is 2. The average Bonchev–Trinajstić information content (AvgIpc) is 3.62. The van der Waals surface area contributed by atoms with Crippen LogP contribution in [-0.4, -0.2) is 46.8 Å². The zero-order valence-electron chi connectivity index (χ0n) is 17.8. The van der Waals surface area contributed by atoms with Crippen LogP contribution in [0.25, 0.3) is 0 Å². The number of carbonyl (C=O) groups excluding carboxylic acids is 2. The van der Waals surface area contributed by atoms with E-state index in [-0.39, 0.29) is 24.1 Å². The highest BCUT2D eigenvalue weighted by Gasteiger charge is 2.30. The Morgan fingerprint density at radius 3 is 2.69 bits per heavy atom. The molecule has 1 fully saturated rings. The maximum atomic E-state index is 12.7. The number of nitrogens with one attached hydrogen (secondary N) is 1. The number of alkyl halides is 2. The Kier molecular flexibility index (Phi) is 8.33. The van der Waals surface area contributed by atoms with Crippen LogP contribution in [0, 0.1) is 0 Å². The van der Waals surface area contributed by atoms with Crippen LogP contribution in [0.1, 0.15) is 30.4 Å². The smallest absolute Gasteiger partial charge is 0.272 e. The highest BCUT2D eigenvalue weighted by atomic mass is 32.2. The van der Waals surface area contributed by atoms with E-state index in [0.29, 0.717) is 34.7 Å². The first kappa shape index (κ1) is 23.8. The molecule has 2 aromatic rings. The average molecular weight is 465 g/mol. The fourth-order valence-corrected chi connectivity index (χ4v) is 4.73. The third-order valence-electron chi connectivity index (χ3n) is 4.95. The molecule has 0 aliphatic heterocycles. The van der Waals surface area contributed by atoms with Gasteiger partial charge in [0, 0.05) is 35.8 Å². The fraction of sp³-hybridized carbons (Fsp3) is 0.391. The number of benzene rings is 2. The molecule has 1 unspecified atom stereocenters. The van der Waals surface area contributed by atoms with Gasteiger partial charge in [0.1, 0.15) is 12.4 Å². The van der Waals surface area contributed by atoms with Crippen LogP contribution in [-0.2, 0) is 33.4 Å². The zero-order valence-corrected chi connectivity index (χ0v) is 18.6. The normalized spacial score (nSPS) is 14.1. The molecule has 6 nitrogen and oxygen atoms in total. The van der Waals surface area contributed by atoms with Gasteiger partial charge in [-0.05, 0) is 54.7 Å². The number of aryl methyl sites for hydroxylation is 1. The molecule has 1 atom stereocenters. The van der Waals surface area contributed by atoms with Crippen molar-refractivity contribution in [2.24, 2.45) is 0 Å². The summed E-state index contributed by atoms with van der Waals surface area (Å²) in [6.45, 7) is -0.411. The van der Waals surface area contributed by atoms with Gasteiger partial charge in [-0.25, -0.2) is 8.78 Å². The second kappa shape index (κ2) is 11.2. The van der Waals surface area contributed by atoms with Crippen molar-refractivity contribution in [2.45, 2.75) is 48.8 Å². The fourth-order valence-electron chi connectivity index (χ4n) is 3.22. The Bertz CT molecular complexity index is 982. The van der Waals surface area contributed by atoms with Crippen molar-refractivity contribution in [3.63, 3.8) is 0 Å². The molecule has 1 aliphatic carbocycles. The lowest BCUT2D eigenvalue weighted by Crippen LogP contribution is -2.18. The number of ether oxygens (including phenoxy) is 1. The Morgan fingerprint density at radius 2 is 2.00 bits per heavy atom. The third kappa shape index (κ3) is 6.85. The predicted octanol–water partition coefficient (Wildman–Crippen LogP) is 3.76. The SMILES string of the molecule is CN(C=O)Cc1cc(NC(=O)CCc2ccccc2OCC(F)F)ccc1S(=O)C1CC1. The highest BCUT2D eigenvalue weighted by Crippen LogP contribution is 2.33. The van der Waals surface area contributed by atoms with Crippen molar-refractivity contribution in [1.29, 1.82) is 0 Å². The molecule has 0 spiro atoms. The summed E-state index contributed by atoms with van der Waals surface area (Å²) in [6, 6.07) is 12.0. The molecule has 1 saturated carbocycles. The van der Waals surface area contributed by atoms with Gasteiger partial charge < -0.3 is 15.0 Å². The summed E-state index contributed by atoms with van der Waals surface area (Å²) in [5.74, 6) is 0.0890. The van der Waals surface area contributed by atoms with Gasteiger partial charge in [0.2, 0.25) is 12.3 Å². The van der Waals surface area contributed by atoms with E-state index in [1.165, 1.54) is 4.90 Å². The maximum Gasteiger partial charge on any atom is 0.272 e. The molecule has 2 amide bonds. The van der Waals surface area contributed by atoms with E-state index in [4.69, 9.17) is 4.74 Å². The number of para-hydroxylation sites is 1. The van der Waals surface area contributed by atoms with Gasteiger partial charge in [-0.15, -0.1) is 0 Å². The molecule has 0 saturated heterocycles. The largest absolute Gasteiger partial charge is 0.487 e. The lowest BCUT2D eigenvalue weighted by atomic mass is 10.1. The summed E-state index contributed by atoms with van der Waals surface area (Å²) in [7, 11) is 0.500. The zero-order chi connectivity index (χ0) is 23.1. The van der Waals surface area contributed by atoms with Crippen LogP contribution in [0.2, 0.25) is 0 Å². The molecule has 1 aliphatic rings. The molecule has 0 bridgehead atoms. The van der Waals surface area contributed by atoms with Crippen molar-refractivity contribution in [3.05, 3.63) is 53.6 Å². The van der Waals surface area contributed by atoms with E-state index in [1.54, 1.807) is 49.5 Å². The first-order chi connectivity index (χ1) is 15.4. The lowest BCUT2D eigenvalue weighted by Gasteiger charge is -2.16. The first-order valence-corrected chi connectivity index (χ1v) is 11.6. The van der Waals surface area contributed by atoms with E-state index in [1.807, 2.05) is 0 Å². The quantitative estimate of drug-likeness (QED) is 0.486. The van der Waals surface area contributed by atoms with E-state index < -0.39 is 23.8 Å². The van der Waals surface area contributed by atoms with E-state index >= 15 is 0 Å². The van der Waals surface area contributed by atoms with Crippen LogP contribution >= 0.6 is 0 Å². The van der Waals surface area contributed by atoms with Gasteiger partial charge in [0.25, 0.3) is 6.43 Å². The molecule has 0 radical (unpaired) electrons. The summed E-state index contributed by atoms with van der Waals surface area (Å²) in [6.07, 6.45) is 0.441. The lowest BCUT2D eigenvalue weighted by molar-refractivity contribution is -0.117. The minimum atomic E-state index is -2.57. The van der Waals surface area contributed by atoms with Crippen molar-refractivity contribution < 1.29 is 27.3 Å². The van der Waals surface area contributed by atoms with E-state index in [2.05, 4.69) is 5.32 Å². The molecular weight excluding hydrogens is 438 g/mol. The number of hydrogen-bond donors (Lipinski definition) is 1. The van der Waals surface area contributed by atoms with Gasteiger partial charge in [-0.1, -0.05) is 18.2 Å². The second-order valence-electron chi connectivity index (χ2n) is 7.70. The van der Waals surface area contributed by atoms with Gasteiger partial charge in [-0.2, -0.15) is 0 Å². The molecule has 0 heterocycles. The number of rotatable bonds is 12. The maximum absolute atomic E-state index is 12.7. The number of anilines is 1. The van der Waals surface area contributed by atoms with Crippen LogP contribution in [0.15, 0.2) is 47.4 Å².